The maximum absolute atomic E-state index is 13.4. The lowest BCUT2D eigenvalue weighted by Crippen LogP contribution is -2.28. The van der Waals surface area contributed by atoms with Crippen LogP contribution in [0.5, 0.6) is 5.75 Å². The SMILES string of the molecule is CCCCCCC[SiH]1CCC(C(=O)Oc2ccc(Cl)c(F)c2)CC1. The van der Waals surface area contributed by atoms with E-state index in [2.05, 4.69) is 6.92 Å². The average Bonchev–Trinajstić information content (AvgIpc) is 2.58. The lowest BCUT2D eigenvalue weighted by molar-refractivity contribution is -0.139. The highest BCUT2D eigenvalue weighted by Crippen LogP contribution is 2.30. The second-order valence-electron chi connectivity index (χ2n) is 6.92. The number of esters is 1. The molecule has 1 aromatic carbocycles. The average molecular weight is 371 g/mol. The van der Waals surface area contributed by atoms with Gasteiger partial charge in [0.25, 0.3) is 0 Å². The molecule has 0 unspecified atom stereocenters. The molecule has 0 radical (unpaired) electrons. The Morgan fingerprint density at radius 3 is 2.62 bits per heavy atom. The van der Waals surface area contributed by atoms with Gasteiger partial charge in [-0.2, -0.15) is 0 Å². The molecule has 0 aliphatic carbocycles. The van der Waals surface area contributed by atoms with E-state index >= 15 is 0 Å². The van der Waals surface area contributed by atoms with Crippen LogP contribution in [0, 0.1) is 11.7 Å². The van der Waals surface area contributed by atoms with Gasteiger partial charge in [0, 0.05) is 14.9 Å². The van der Waals surface area contributed by atoms with Gasteiger partial charge in [0.2, 0.25) is 0 Å². The van der Waals surface area contributed by atoms with Crippen LogP contribution in [0.2, 0.25) is 23.2 Å². The Labute approximate surface area is 151 Å². The number of benzene rings is 1. The van der Waals surface area contributed by atoms with E-state index in [4.69, 9.17) is 16.3 Å². The Balaban J connectivity index is 1.69. The van der Waals surface area contributed by atoms with Crippen LogP contribution in [-0.4, -0.2) is 14.8 Å². The van der Waals surface area contributed by atoms with Crippen molar-refractivity contribution in [2.24, 2.45) is 5.92 Å². The minimum absolute atomic E-state index is 0.0208. The fourth-order valence-electron chi connectivity index (χ4n) is 3.46. The molecule has 0 N–H and O–H groups in total. The van der Waals surface area contributed by atoms with Gasteiger partial charge in [-0.25, -0.2) is 4.39 Å². The summed E-state index contributed by atoms with van der Waals surface area (Å²) < 4.78 is 18.7. The first-order valence-corrected chi connectivity index (χ1v) is 12.1. The second-order valence-corrected chi connectivity index (χ2v) is 10.8. The van der Waals surface area contributed by atoms with Crippen molar-refractivity contribution in [3.63, 3.8) is 0 Å². The predicted octanol–water partition coefficient (Wildman–Crippen LogP) is 5.99. The number of carbonyl (C=O) groups is 1. The molecule has 2 rings (SSSR count). The van der Waals surface area contributed by atoms with E-state index in [1.165, 1.54) is 62.4 Å². The van der Waals surface area contributed by atoms with E-state index < -0.39 is 14.6 Å². The predicted molar refractivity (Wildman–Crippen MR) is 100 cm³/mol. The van der Waals surface area contributed by atoms with Crippen molar-refractivity contribution >= 4 is 26.4 Å². The fourth-order valence-corrected chi connectivity index (χ4v) is 7.06. The largest absolute Gasteiger partial charge is 0.426 e. The molecule has 0 amide bonds. The summed E-state index contributed by atoms with van der Waals surface area (Å²) >= 11 is 5.64. The van der Waals surface area contributed by atoms with Gasteiger partial charge in [-0.1, -0.05) is 68.8 Å². The molecule has 1 aliphatic rings. The summed E-state index contributed by atoms with van der Waals surface area (Å²) in [7, 11) is -0.642. The van der Waals surface area contributed by atoms with Crippen molar-refractivity contribution in [2.45, 2.75) is 70.0 Å². The fraction of sp³-hybridized carbons (Fsp3) is 0.632. The maximum atomic E-state index is 13.4. The zero-order chi connectivity index (χ0) is 17.4. The molecule has 1 fully saturated rings. The monoisotopic (exact) mass is 370 g/mol. The van der Waals surface area contributed by atoms with Gasteiger partial charge in [-0.3, -0.25) is 4.79 Å². The Hall–Kier alpha value is -0.873. The minimum Gasteiger partial charge on any atom is -0.426 e. The molecule has 1 saturated heterocycles. The first kappa shape index (κ1) is 19.5. The summed E-state index contributed by atoms with van der Waals surface area (Å²) in [4.78, 5) is 12.2. The second kappa shape index (κ2) is 10.2. The Morgan fingerprint density at radius 1 is 1.25 bits per heavy atom. The number of unbranched alkanes of at least 4 members (excludes halogenated alkanes) is 4. The molecule has 2 nitrogen and oxygen atoms in total. The first-order chi connectivity index (χ1) is 11.6. The highest BCUT2D eigenvalue weighted by molar-refractivity contribution is 6.59. The van der Waals surface area contributed by atoms with Gasteiger partial charge in [-0.15, -0.1) is 0 Å². The molecule has 0 bridgehead atoms. The number of rotatable bonds is 8. The van der Waals surface area contributed by atoms with Crippen LogP contribution < -0.4 is 4.74 Å². The normalized spacial score (nSPS) is 20.8. The van der Waals surface area contributed by atoms with Crippen molar-refractivity contribution in [1.82, 2.24) is 0 Å². The maximum Gasteiger partial charge on any atom is 0.314 e. The van der Waals surface area contributed by atoms with E-state index in [-0.39, 0.29) is 22.7 Å². The molecular formula is C19H28ClFO2Si. The van der Waals surface area contributed by atoms with Crippen LogP contribution in [0.4, 0.5) is 4.39 Å². The van der Waals surface area contributed by atoms with Crippen LogP contribution in [0.15, 0.2) is 18.2 Å². The van der Waals surface area contributed by atoms with Gasteiger partial charge in [0.05, 0.1) is 10.9 Å². The zero-order valence-electron chi connectivity index (χ0n) is 14.5. The Bertz CT molecular complexity index is 530. The van der Waals surface area contributed by atoms with Gasteiger partial charge < -0.3 is 4.74 Å². The van der Waals surface area contributed by atoms with Gasteiger partial charge in [0.15, 0.2) is 0 Å². The van der Waals surface area contributed by atoms with Crippen molar-refractivity contribution in [3.05, 3.63) is 29.0 Å². The Morgan fingerprint density at radius 2 is 1.96 bits per heavy atom. The molecule has 1 heterocycles. The van der Waals surface area contributed by atoms with Crippen molar-refractivity contribution in [3.8, 4) is 5.75 Å². The van der Waals surface area contributed by atoms with E-state index in [0.717, 1.165) is 12.8 Å². The molecule has 5 heteroatoms. The molecule has 1 aliphatic heterocycles. The molecule has 0 spiro atoms. The van der Waals surface area contributed by atoms with Gasteiger partial charge in [-0.05, 0) is 25.0 Å². The number of carbonyl (C=O) groups excluding carboxylic acids is 1. The van der Waals surface area contributed by atoms with E-state index in [1.54, 1.807) is 6.07 Å². The van der Waals surface area contributed by atoms with E-state index in [1.807, 2.05) is 0 Å². The summed E-state index contributed by atoms with van der Waals surface area (Å²) in [5.74, 6) is -0.543. The first-order valence-electron chi connectivity index (χ1n) is 9.27. The van der Waals surface area contributed by atoms with Crippen LogP contribution in [0.25, 0.3) is 0 Å². The van der Waals surface area contributed by atoms with Crippen LogP contribution in [0.3, 0.4) is 0 Å². The third kappa shape index (κ3) is 6.21. The molecule has 24 heavy (non-hydrogen) atoms. The number of halogens is 2. The molecule has 0 aromatic heterocycles. The molecular weight excluding hydrogens is 343 g/mol. The smallest absolute Gasteiger partial charge is 0.314 e. The zero-order valence-corrected chi connectivity index (χ0v) is 16.4. The minimum atomic E-state index is -0.642. The molecule has 0 atom stereocenters. The van der Waals surface area contributed by atoms with Crippen LogP contribution >= 0.6 is 11.6 Å². The highest BCUT2D eigenvalue weighted by atomic mass is 35.5. The third-order valence-electron chi connectivity index (χ3n) is 5.01. The molecule has 1 aromatic rings. The van der Waals surface area contributed by atoms with Crippen molar-refractivity contribution < 1.29 is 13.9 Å². The highest BCUT2D eigenvalue weighted by Gasteiger charge is 2.28. The summed E-state index contributed by atoms with van der Waals surface area (Å²) in [5, 5.41) is 0.0419. The number of hydrogen-bond donors (Lipinski definition) is 0. The molecule has 134 valence electrons. The number of hydrogen-bond acceptors (Lipinski definition) is 2. The third-order valence-corrected chi connectivity index (χ3v) is 8.84. The van der Waals surface area contributed by atoms with Crippen molar-refractivity contribution in [2.75, 3.05) is 0 Å². The molecule has 0 saturated carbocycles. The standard InChI is InChI=1S/C19H28ClFO2Si/c1-2-3-4-5-6-11-24-12-9-15(10-13-24)19(22)23-16-7-8-17(20)18(21)14-16/h7-8,14-15,24H,2-6,9-13H2,1H3. The Kier molecular flexibility index (Phi) is 8.26. The summed E-state index contributed by atoms with van der Waals surface area (Å²) in [6, 6.07) is 8.04. The van der Waals surface area contributed by atoms with Gasteiger partial charge >= 0.3 is 5.97 Å². The lowest BCUT2D eigenvalue weighted by Gasteiger charge is -2.26. The summed E-state index contributed by atoms with van der Waals surface area (Å²) in [5.41, 5.74) is 0. The lowest BCUT2D eigenvalue weighted by atomic mass is 10.0. The summed E-state index contributed by atoms with van der Waals surface area (Å²) in [6.45, 7) is 2.24. The van der Waals surface area contributed by atoms with Crippen LogP contribution in [-0.2, 0) is 4.79 Å². The van der Waals surface area contributed by atoms with Gasteiger partial charge in [0.1, 0.15) is 11.6 Å². The van der Waals surface area contributed by atoms with Crippen LogP contribution in [0.1, 0.15) is 51.9 Å². The quantitative estimate of drug-likeness (QED) is 0.243. The summed E-state index contributed by atoms with van der Waals surface area (Å²) in [6.07, 6.45) is 8.64. The number of ether oxygens (including phenoxy) is 1. The topological polar surface area (TPSA) is 26.3 Å². The van der Waals surface area contributed by atoms with E-state index in [0.29, 0.717) is 0 Å². The van der Waals surface area contributed by atoms with Crippen molar-refractivity contribution in [1.29, 1.82) is 0 Å². The van der Waals surface area contributed by atoms with E-state index in [9.17, 15) is 9.18 Å².